The van der Waals surface area contributed by atoms with Gasteiger partial charge in [0.05, 0.1) is 23.5 Å². The largest absolute Gasteiger partial charge is 0.378 e. The maximum absolute atomic E-state index is 14.9. The molecule has 3 aromatic rings. The summed E-state index contributed by atoms with van der Waals surface area (Å²) in [7, 11) is 1.85. The van der Waals surface area contributed by atoms with Gasteiger partial charge in [0, 0.05) is 30.4 Å². The van der Waals surface area contributed by atoms with Crippen molar-refractivity contribution in [1.82, 2.24) is 19.3 Å². The second-order valence-electron chi connectivity index (χ2n) is 9.16. The summed E-state index contributed by atoms with van der Waals surface area (Å²) in [5.41, 5.74) is 8.84. The van der Waals surface area contributed by atoms with Crippen LogP contribution in [0.1, 0.15) is 71.7 Å². The Balaban J connectivity index is 1.72. The van der Waals surface area contributed by atoms with Crippen molar-refractivity contribution in [3.63, 3.8) is 0 Å². The van der Waals surface area contributed by atoms with Crippen LogP contribution >= 0.6 is 0 Å². The fourth-order valence-electron chi connectivity index (χ4n) is 4.69. The second kappa shape index (κ2) is 7.04. The van der Waals surface area contributed by atoms with Crippen molar-refractivity contribution in [2.24, 2.45) is 12.8 Å². The van der Waals surface area contributed by atoms with Gasteiger partial charge in [-0.05, 0) is 56.4 Å². The van der Waals surface area contributed by atoms with Gasteiger partial charge in [-0.25, -0.2) is 9.37 Å². The average molecular weight is 433 g/mol. The summed E-state index contributed by atoms with van der Waals surface area (Å²) in [4.78, 5) is 17.0. The number of primary amides is 1. The molecule has 1 saturated carbocycles. The minimum atomic E-state index is -1.24. The van der Waals surface area contributed by atoms with Crippen LogP contribution in [0.15, 0.2) is 24.4 Å². The van der Waals surface area contributed by atoms with Crippen molar-refractivity contribution in [3.05, 3.63) is 58.6 Å². The van der Waals surface area contributed by atoms with Gasteiger partial charge in [-0.15, -0.1) is 0 Å². The molecule has 8 heteroatoms. The Labute approximate surface area is 185 Å². The summed E-state index contributed by atoms with van der Waals surface area (Å²) in [6.07, 6.45) is 3.44. The molecule has 0 aliphatic heterocycles. The third-order valence-electron chi connectivity index (χ3n) is 6.33. The standard InChI is InChI=1S/C24H24FN5O2/c1-24(2,32)6-4-13-10-18-17(11-19(13)25)14-8-15(9-14)21-20(18)28-23(22(26)31)30(21)12-16-5-7-27-29(16)3/h5,7,10-11,14-15,32H,8-9,12H2,1-3H3,(H2,26,31). The number of halogens is 1. The Hall–Kier alpha value is -3.44. The van der Waals surface area contributed by atoms with E-state index in [0.717, 1.165) is 35.4 Å². The van der Waals surface area contributed by atoms with E-state index in [2.05, 4.69) is 21.9 Å². The van der Waals surface area contributed by atoms with E-state index in [1.54, 1.807) is 30.8 Å². The number of nitrogens with two attached hydrogens (primary N) is 1. The highest BCUT2D eigenvalue weighted by molar-refractivity contribution is 5.91. The molecule has 3 N–H and O–H groups in total. The van der Waals surface area contributed by atoms with Crippen LogP contribution in [0.2, 0.25) is 0 Å². The number of benzene rings is 1. The van der Waals surface area contributed by atoms with Gasteiger partial charge in [0.1, 0.15) is 11.4 Å². The molecule has 0 saturated heterocycles. The molecule has 164 valence electrons. The molecule has 1 fully saturated rings. The Morgan fingerprint density at radius 2 is 2.09 bits per heavy atom. The van der Waals surface area contributed by atoms with E-state index in [4.69, 9.17) is 5.73 Å². The summed E-state index contributed by atoms with van der Waals surface area (Å²) < 4.78 is 18.5. The van der Waals surface area contributed by atoms with Crippen molar-refractivity contribution in [1.29, 1.82) is 0 Å². The Bertz CT molecular complexity index is 1310. The van der Waals surface area contributed by atoms with Crippen LogP contribution in [0.5, 0.6) is 0 Å². The van der Waals surface area contributed by atoms with E-state index in [9.17, 15) is 14.3 Å². The smallest absolute Gasteiger partial charge is 0.284 e. The van der Waals surface area contributed by atoms with Gasteiger partial charge in [0.25, 0.3) is 5.91 Å². The number of carbonyl (C=O) groups is 1. The molecule has 6 rings (SSSR count). The van der Waals surface area contributed by atoms with Crippen molar-refractivity contribution >= 4 is 5.91 Å². The van der Waals surface area contributed by atoms with E-state index in [1.807, 2.05) is 17.7 Å². The van der Waals surface area contributed by atoms with Gasteiger partial charge >= 0.3 is 0 Å². The average Bonchev–Trinajstić information content (AvgIpc) is 3.17. The van der Waals surface area contributed by atoms with Crippen molar-refractivity contribution in [2.45, 2.75) is 50.7 Å². The fourth-order valence-corrected chi connectivity index (χ4v) is 4.69. The summed E-state index contributed by atoms with van der Waals surface area (Å²) in [5, 5.41) is 14.2. The monoisotopic (exact) mass is 433 g/mol. The lowest BCUT2D eigenvalue weighted by molar-refractivity contribution is 0.0986. The lowest BCUT2D eigenvalue weighted by atomic mass is 9.71. The van der Waals surface area contributed by atoms with Crippen LogP contribution in [0.3, 0.4) is 0 Å². The third-order valence-corrected chi connectivity index (χ3v) is 6.33. The first-order valence-electron chi connectivity index (χ1n) is 10.6. The SMILES string of the molecule is Cn1nccc1Cn1c(C(N)=O)nc2c1C1CC(C1)c1cc(F)c(C#CC(C)(C)O)cc1-2. The number of carbonyl (C=O) groups excluding carboxylic acids is 1. The van der Waals surface area contributed by atoms with E-state index < -0.39 is 17.3 Å². The molecule has 0 spiro atoms. The third kappa shape index (κ3) is 3.30. The number of hydrogen-bond donors (Lipinski definition) is 2. The number of aliphatic hydroxyl groups is 1. The number of rotatable bonds is 3. The summed E-state index contributed by atoms with van der Waals surface area (Å²) in [5.74, 6) is 5.03. The molecule has 2 bridgehead atoms. The number of amides is 1. The lowest BCUT2D eigenvalue weighted by Gasteiger charge is -2.34. The summed E-state index contributed by atoms with van der Waals surface area (Å²) in [6, 6.07) is 5.12. The van der Waals surface area contributed by atoms with Crippen LogP contribution in [-0.4, -0.2) is 35.9 Å². The zero-order valence-electron chi connectivity index (χ0n) is 18.2. The zero-order chi connectivity index (χ0) is 22.8. The maximum Gasteiger partial charge on any atom is 0.284 e. The second-order valence-corrected chi connectivity index (χ2v) is 9.16. The van der Waals surface area contributed by atoms with Gasteiger partial charge in [-0.2, -0.15) is 5.10 Å². The molecular weight excluding hydrogens is 409 g/mol. The van der Waals surface area contributed by atoms with Gasteiger partial charge in [-0.3, -0.25) is 9.48 Å². The first-order valence-corrected chi connectivity index (χ1v) is 10.6. The molecule has 0 atom stereocenters. The fraction of sp³-hybridized carbons (Fsp3) is 0.375. The molecule has 7 nitrogen and oxygen atoms in total. The van der Waals surface area contributed by atoms with E-state index in [1.165, 1.54) is 6.07 Å². The number of nitrogens with zero attached hydrogens (tertiary/aromatic N) is 4. The Morgan fingerprint density at radius 1 is 1.34 bits per heavy atom. The first-order chi connectivity index (χ1) is 15.1. The van der Waals surface area contributed by atoms with Crippen molar-refractivity contribution < 1.29 is 14.3 Å². The molecule has 0 radical (unpaired) electrons. The highest BCUT2D eigenvalue weighted by Crippen LogP contribution is 2.55. The molecule has 2 aromatic heterocycles. The number of aromatic nitrogens is 4. The van der Waals surface area contributed by atoms with Crippen LogP contribution < -0.4 is 5.73 Å². The van der Waals surface area contributed by atoms with Gasteiger partial charge in [0.2, 0.25) is 0 Å². The molecule has 32 heavy (non-hydrogen) atoms. The molecule has 1 aromatic carbocycles. The highest BCUT2D eigenvalue weighted by Gasteiger charge is 2.42. The predicted octanol–water partition coefficient (Wildman–Crippen LogP) is 2.67. The van der Waals surface area contributed by atoms with Crippen molar-refractivity contribution in [3.8, 4) is 23.1 Å². The summed E-state index contributed by atoms with van der Waals surface area (Å²) in [6.45, 7) is 3.52. The van der Waals surface area contributed by atoms with Crippen LogP contribution in [-0.2, 0) is 13.6 Å². The van der Waals surface area contributed by atoms with Crippen LogP contribution in [0.25, 0.3) is 11.3 Å². The quantitative estimate of drug-likeness (QED) is 0.621. The Kier molecular flexibility index (Phi) is 4.50. The molecule has 3 aliphatic carbocycles. The molecule has 1 amide bonds. The number of imidazole rings is 1. The molecular formula is C24H24FN5O2. The van der Waals surface area contributed by atoms with Gasteiger partial charge in [0.15, 0.2) is 5.82 Å². The molecule has 3 aliphatic rings. The van der Waals surface area contributed by atoms with Crippen LogP contribution in [0.4, 0.5) is 4.39 Å². The van der Waals surface area contributed by atoms with Crippen molar-refractivity contribution in [2.75, 3.05) is 0 Å². The number of aryl methyl sites for hydroxylation is 1. The topological polar surface area (TPSA) is 99.0 Å². The van der Waals surface area contributed by atoms with Gasteiger partial charge in [-0.1, -0.05) is 11.8 Å². The lowest BCUT2D eigenvalue weighted by Crippen LogP contribution is -2.25. The molecule has 2 heterocycles. The first kappa shape index (κ1) is 20.5. The van der Waals surface area contributed by atoms with Crippen LogP contribution in [0, 0.1) is 17.7 Å². The predicted molar refractivity (Wildman–Crippen MR) is 116 cm³/mol. The molecule has 0 unspecified atom stereocenters. The highest BCUT2D eigenvalue weighted by atomic mass is 19.1. The minimum absolute atomic E-state index is 0.181. The minimum Gasteiger partial charge on any atom is -0.378 e. The Morgan fingerprint density at radius 3 is 2.72 bits per heavy atom. The van der Waals surface area contributed by atoms with E-state index >= 15 is 0 Å². The maximum atomic E-state index is 14.9. The zero-order valence-corrected chi connectivity index (χ0v) is 18.2. The normalized spacial score (nSPS) is 18.7. The van der Waals surface area contributed by atoms with Gasteiger partial charge < -0.3 is 15.4 Å². The van der Waals surface area contributed by atoms with E-state index in [0.29, 0.717) is 12.2 Å². The van der Waals surface area contributed by atoms with E-state index in [-0.39, 0.29) is 23.2 Å². The summed E-state index contributed by atoms with van der Waals surface area (Å²) >= 11 is 0. The number of hydrogen-bond acceptors (Lipinski definition) is 4.